The topological polar surface area (TPSA) is 17.1 Å². The van der Waals surface area contributed by atoms with Crippen LogP contribution in [0.25, 0.3) is 6.08 Å². The van der Waals surface area contributed by atoms with Gasteiger partial charge in [0, 0.05) is 8.95 Å². The van der Waals surface area contributed by atoms with Crippen LogP contribution in [-0.4, -0.2) is 6.29 Å². The molecule has 0 spiro atoms. The molecule has 0 aromatic heterocycles. The molecule has 0 aliphatic carbocycles. The van der Waals surface area contributed by atoms with Crippen molar-refractivity contribution in [1.82, 2.24) is 0 Å². The zero-order valence-electron chi connectivity index (χ0n) is 6.13. The lowest BCUT2D eigenvalue weighted by Gasteiger charge is -1.97. The third-order valence-corrected chi connectivity index (χ3v) is 2.53. The van der Waals surface area contributed by atoms with Crippen molar-refractivity contribution in [1.29, 1.82) is 0 Å². The van der Waals surface area contributed by atoms with E-state index in [0.717, 1.165) is 20.8 Å². The van der Waals surface area contributed by atoms with Gasteiger partial charge < -0.3 is 0 Å². The molecule has 1 nitrogen and oxygen atoms in total. The summed E-state index contributed by atoms with van der Waals surface area (Å²) < 4.78 is 1.97. The molecule has 1 aromatic rings. The Labute approximate surface area is 87.7 Å². The second-order valence-corrected chi connectivity index (χ2v) is 3.93. The number of carbonyl (C=O) groups is 1. The molecule has 0 N–H and O–H groups in total. The highest BCUT2D eigenvalue weighted by Gasteiger charge is 1.95. The average molecular weight is 290 g/mol. The van der Waals surface area contributed by atoms with Gasteiger partial charge in [0.1, 0.15) is 6.29 Å². The van der Waals surface area contributed by atoms with Crippen LogP contribution in [0.5, 0.6) is 0 Å². The molecule has 0 saturated heterocycles. The van der Waals surface area contributed by atoms with Gasteiger partial charge in [-0.3, -0.25) is 4.79 Å². The summed E-state index contributed by atoms with van der Waals surface area (Å²) in [5.74, 6) is 0. The Morgan fingerprint density at radius 2 is 2.00 bits per heavy atom. The largest absolute Gasteiger partial charge is 0.299 e. The monoisotopic (exact) mass is 288 g/mol. The SMILES string of the molecule is O=CC=Cc1cc(Br)ccc1Br. The maximum absolute atomic E-state index is 10.1. The Morgan fingerprint density at radius 1 is 1.25 bits per heavy atom. The molecule has 0 aliphatic heterocycles. The second kappa shape index (κ2) is 4.58. The third kappa shape index (κ3) is 2.57. The lowest BCUT2D eigenvalue weighted by atomic mass is 10.2. The van der Waals surface area contributed by atoms with Gasteiger partial charge in [0.2, 0.25) is 0 Å². The number of hydrogen-bond donors (Lipinski definition) is 0. The summed E-state index contributed by atoms with van der Waals surface area (Å²) in [7, 11) is 0. The minimum atomic E-state index is 0.757. The van der Waals surface area contributed by atoms with Crippen molar-refractivity contribution < 1.29 is 4.79 Å². The molecule has 0 saturated carbocycles. The predicted molar refractivity (Wildman–Crippen MR) is 56.9 cm³/mol. The van der Waals surface area contributed by atoms with E-state index in [2.05, 4.69) is 31.9 Å². The third-order valence-electron chi connectivity index (χ3n) is 1.31. The summed E-state index contributed by atoms with van der Waals surface area (Å²) in [6, 6.07) is 5.79. The van der Waals surface area contributed by atoms with Crippen LogP contribution in [0, 0.1) is 0 Å². The Morgan fingerprint density at radius 3 is 2.67 bits per heavy atom. The molecule has 3 heteroatoms. The highest BCUT2D eigenvalue weighted by Crippen LogP contribution is 2.22. The first kappa shape index (κ1) is 9.68. The average Bonchev–Trinajstić information content (AvgIpc) is 2.07. The van der Waals surface area contributed by atoms with Crippen LogP contribution >= 0.6 is 31.9 Å². The first-order valence-corrected chi connectivity index (χ1v) is 4.89. The van der Waals surface area contributed by atoms with Crippen LogP contribution in [0.3, 0.4) is 0 Å². The second-order valence-electron chi connectivity index (χ2n) is 2.16. The molecule has 0 atom stereocenters. The molecular weight excluding hydrogens is 284 g/mol. The van der Waals surface area contributed by atoms with Crippen molar-refractivity contribution in [2.45, 2.75) is 0 Å². The van der Waals surface area contributed by atoms with E-state index >= 15 is 0 Å². The number of aldehydes is 1. The van der Waals surface area contributed by atoms with Crippen LogP contribution < -0.4 is 0 Å². The van der Waals surface area contributed by atoms with Gasteiger partial charge >= 0.3 is 0 Å². The standard InChI is InChI=1S/C9H6Br2O/c10-8-3-4-9(11)7(6-8)2-1-5-12/h1-6H. The summed E-state index contributed by atoms with van der Waals surface area (Å²) >= 11 is 6.72. The van der Waals surface area contributed by atoms with E-state index in [1.54, 1.807) is 6.08 Å². The number of hydrogen-bond acceptors (Lipinski definition) is 1. The Kier molecular flexibility index (Phi) is 3.69. The van der Waals surface area contributed by atoms with Gasteiger partial charge in [-0.1, -0.05) is 37.9 Å². The molecule has 1 rings (SSSR count). The Hall–Kier alpha value is -0.410. The summed E-state index contributed by atoms with van der Waals surface area (Å²) in [6.45, 7) is 0. The Balaban J connectivity index is 3.04. The minimum Gasteiger partial charge on any atom is -0.299 e. The zero-order valence-corrected chi connectivity index (χ0v) is 9.30. The summed E-state index contributed by atoms with van der Waals surface area (Å²) in [6.07, 6.45) is 3.97. The molecule has 0 unspecified atom stereocenters. The lowest BCUT2D eigenvalue weighted by Crippen LogP contribution is -1.75. The van der Waals surface area contributed by atoms with Gasteiger partial charge in [-0.05, 0) is 29.8 Å². The first-order valence-electron chi connectivity index (χ1n) is 3.31. The fourth-order valence-electron chi connectivity index (χ4n) is 0.785. The van der Waals surface area contributed by atoms with E-state index < -0.39 is 0 Å². The van der Waals surface area contributed by atoms with E-state index in [-0.39, 0.29) is 0 Å². The molecule has 1 aromatic carbocycles. The van der Waals surface area contributed by atoms with E-state index in [0.29, 0.717) is 0 Å². The number of benzene rings is 1. The van der Waals surface area contributed by atoms with Gasteiger partial charge in [-0.15, -0.1) is 0 Å². The molecular formula is C9H6Br2O. The van der Waals surface area contributed by atoms with Gasteiger partial charge in [-0.2, -0.15) is 0 Å². The normalized spacial score (nSPS) is 10.5. The van der Waals surface area contributed by atoms with Crippen molar-refractivity contribution in [2.75, 3.05) is 0 Å². The molecule has 12 heavy (non-hydrogen) atoms. The summed E-state index contributed by atoms with van der Waals surface area (Å²) in [4.78, 5) is 10.1. The van der Waals surface area contributed by atoms with Gasteiger partial charge in [0.25, 0.3) is 0 Å². The van der Waals surface area contributed by atoms with Crippen molar-refractivity contribution in [2.24, 2.45) is 0 Å². The molecule has 0 aliphatic rings. The van der Waals surface area contributed by atoms with Crippen molar-refractivity contribution in [3.63, 3.8) is 0 Å². The first-order chi connectivity index (χ1) is 5.74. The van der Waals surface area contributed by atoms with Crippen LogP contribution in [0.15, 0.2) is 33.2 Å². The van der Waals surface area contributed by atoms with Crippen molar-refractivity contribution >= 4 is 44.2 Å². The molecule has 0 fully saturated rings. The van der Waals surface area contributed by atoms with Crippen LogP contribution in [-0.2, 0) is 4.79 Å². The molecule has 62 valence electrons. The van der Waals surface area contributed by atoms with Crippen LogP contribution in [0.2, 0.25) is 0 Å². The highest BCUT2D eigenvalue weighted by molar-refractivity contribution is 9.11. The van der Waals surface area contributed by atoms with E-state index in [1.165, 1.54) is 6.08 Å². The van der Waals surface area contributed by atoms with E-state index in [9.17, 15) is 4.79 Å². The molecule has 0 radical (unpaired) electrons. The molecule has 0 heterocycles. The fraction of sp³-hybridized carbons (Fsp3) is 0. The van der Waals surface area contributed by atoms with Crippen LogP contribution in [0.4, 0.5) is 0 Å². The maximum atomic E-state index is 10.1. The number of allylic oxidation sites excluding steroid dienone is 1. The molecule has 0 bridgehead atoms. The van der Waals surface area contributed by atoms with Gasteiger partial charge in [0.15, 0.2) is 0 Å². The minimum absolute atomic E-state index is 0.757. The summed E-state index contributed by atoms with van der Waals surface area (Å²) in [5, 5.41) is 0. The Bertz CT molecular complexity index is 318. The lowest BCUT2D eigenvalue weighted by molar-refractivity contribution is -0.104. The summed E-state index contributed by atoms with van der Waals surface area (Å²) in [5.41, 5.74) is 0.983. The number of carbonyl (C=O) groups excluding carboxylic acids is 1. The smallest absolute Gasteiger partial charge is 0.142 e. The van der Waals surface area contributed by atoms with E-state index in [4.69, 9.17) is 0 Å². The maximum Gasteiger partial charge on any atom is 0.142 e. The highest BCUT2D eigenvalue weighted by atomic mass is 79.9. The van der Waals surface area contributed by atoms with Gasteiger partial charge in [0.05, 0.1) is 0 Å². The van der Waals surface area contributed by atoms with Gasteiger partial charge in [-0.25, -0.2) is 0 Å². The van der Waals surface area contributed by atoms with Crippen molar-refractivity contribution in [3.8, 4) is 0 Å². The quantitative estimate of drug-likeness (QED) is 0.602. The van der Waals surface area contributed by atoms with Crippen LogP contribution in [0.1, 0.15) is 5.56 Å². The molecule has 0 amide bonds. The van der Waals surface area contributed by atoms with Crippen molar-refractivity contribution in [3.05, 3.63) is 38.8 Å². The number of halogens is 2. The predicted octanol–water partition coefficient (Wildman–Crippen LogP) is 3.42. The fourth-order valence-corrected chi connectivity index (χ4v) is 1.54. The van der Waals surface area contributed by atoms with E-state index in [1.807, 2.05) is 18.2 Å². The zero-order chi connectivity index (χ0) is 8.97. The number of rotatable bonds is 2.